The number of hydrogen-bond acceptors (Lipinski definition) is 5. The van der Waals surface area contributed by atoms with E-state index in [9.17, 15) is 10.2 Å². The van der Waals surface area contributed by atoms with Crippen molar-refractivity contribution in [1.29, 1.82) is 0 Å². The maximum Gasteiger partial charge on any atom is 0.111 e. The molecular formula is C19H29NO4. The molecule has 1 saturated carbocycles. The van der Waals surface area contributed by atoms with E-state index in [1.54, 1.807) is 7.11 Å². The third-order valence-electron chi connectivity index (χ3n) is 6.45. The van der Waals surface area contributed by atoms with Gasteiger partial charge < -0.3 is 14.9 Å². The van der Waals surface area contributed by atoms with Crippen LogP contribution in [0.2, 0.25) is 0 Å². The third kappa shape index (κ3) is 2.57. The van der Waals surface area contributed by atoms with Gasteiger partial charge in [-0.15, -0.1) is 0 Å². The zero-order valence-electron chi connectivity index (χ0n) is 14.5. The van der Waals surface area contributed by atoms with E-state index in [4.69, 9.17) is 9.57 Å². The van der Waals surface area contributed by atoms with Crippen molar-refractivity contribution in [2.45, 2.75) is 57.2 Å². The molecule has 134 valence electrons. The molecule has 0 amide bonds. The van der Waals surface area contributed by atoms with Crippen LogP contribution in [0.15, 0.2) is 23.6 Å². The zero-order chi connectivity index (χ0) is 16.7. The normalized spacial score (nSPS) is 40.9. The molecule has 5 atom stereocenters. The van der Waals surface area contributed by atoms with Crippen molar-refractivity contribution in [3.63, 3.8) is 0 Å². The second-order valence-corrected chi connectivity index (χ2v) is 7.89. The first-order chi connectivity index (χ1) is 11.7. The summed E-state index contributed by atoms with van der Waals surface area (Å²) in [5.74, 6) is 1.98. The van der Waals surface area contributed by atoms with Crippen LogP contribution in [0.4, 0.5) is 0 Å². The van der Waals surface area contributed by atoms with Gasteiger partial charge >= 0.3 is 0 Å². The van der Waals surface area contributed by atoms with Crippen LogP contribution in [-0.4, -0.2) is 47.7 Å². The second-order valence-electron chi connectivity index (χ2n) is 7.89. The minimum absolute atomic E-state index is 0.0359. The molecule has 0 radical (unpaired) electrons. The van der Waals surface area contributed by atoms with Gasteiger partial charge in [-0.2, -0.15) is 0 Å². The second kappa shape index (κ2) is 6.36. The number of ether oxygens (including phenoxy) is 1. The fourth-order valence-electron chi connectivity index (χ4n) is 5.49. The molecule has 0 aromatic heterocycles. The van der Waals surface area contributed by atoms with Crippen LogP contribution in [0.25, 0.3) is 0 Å². The van der Waals surface area contributed by atoms with Crippen LogP contribution in [0.1, 0.15) is 44.9 Å². The van der Waals surface area contributed by atoms with E-state index < -0.39 is 0 Å². The van der Waals surface area contributed by atoms with Crippen molar-refractivity contribution >= 4 is 0 Å². The van der Waals surface area contributed by atoms with E-state index in [-0.39, 0.29) is 24.2 Å². The molecule has 0 aromatic rings. The summed E-state index contributed by atoms with van der Waals surface area (Å²) in [4.78, 5) is 5.50. The quantitative estimate of drug-likeness (QED) is 0.826. The average Bonchev–Trinajstić information content (AvgIpc) is 2.80. The first-order valence-electron chi connectivity index (χ1n) is 9.35. The Morgan fingerprint density at radius 1 is 1.42 bits per heavy atom. The lowest BCUT2D eigenvalue weighted by Crippen LogP contribution is -2.41. The maximum atomic E-state index is 10.3. The predicted octanol–water partition coefficient (Wildman–Crippen LogP) is 2.36. The highest BCUT2D eigenvalue weighted by molar-refractivity contribution is 5.38. The Morgan fingerprint density at radius 3 is 3.08 bits per heavy atom. The lowest BCUT2D eigenvalue weighted by atomic mass is 9.60. The van der Waals surface area contributed by atoms with Crippen molar-refractivity contribution in [1.82, 2.24) is 5.06 Å². The third-order valence-corrected chi connectivity index (χ3v) is 6.45. The molecule has 1 spiro atoms. The molecule has 1 fully saturated rings. The highest BCUT2D eigenvalue weighted by atomic mass is 16.7. The number of aliphatic hydroxyl groups is 2. The van der Waals surface area contributed by atoms with Crippen molar-refractivity contribution in [3.8, 4) is 0 Å². The van der Waals surface area contributed by atoms with E-state index in [2.05, 4.69) is 12.3 Å². The summed E-state index contributed by atoms with van der Waals surface area (Å²) in [7, 11) is 1.70. The van der Waals surface area contributed by atoms with Gasteiger partial charge in [-0.1, -0.05) is 6.08 Å². The predicted molar refractivity (Wildman–Crippen MR) is 89.6 cm³/mol. The molecule has 5 heteroatoms. The van der Waals surface area contributed by atoms with Gasteiger partial charge in [0.1, 0.15) is 6.10 Å². The number of nitrogens with zero attached hydrogens (tertiary/aromatic N) is 1. The lowest BCUT2D eigenvalue weighted by Gasteiger charge is -2.42. The summed E-state index contributed by atoms with van der Waals surface area (Å²) in [6, 6.07) is 0. The van der Waals surface area contributed by atoms with Crippen LogP contribution < -0.4 is 0 Å². The summed E-state index contributed by atoms with van der Waals surface area (Å²) in [6.07, 6.45) is 11.0. The first-order valence-corrected chi connectivity index (χ1v) is 9.35. The van der Waals surface area contributed by atoms with E-state index in [0.717, 1.165) is 44.4 Å². The number of hydroxylamine groups is 2. The van der Waals surface area contributed by atoms with Crippen molar-refractivity contribution < 1.29 is 19.8 Å². The minimum Gasteiger partial charge on any atom is -0.493 e. The zero-order valence-corrected chi connectivity index (χ0v) is 14.5. The molecule has 4 aliphatic rings. The fraction of sp³-hybridized carbons (Fsp3) is 0.789. The molecule has 0 aromatic carbocycles. The molecule has 24 heavy (non-hydrogen) atoms. The van der Waals surface area contributed by atoms with E-state index in [0.29, 0.717) is 18.3 Å². The minimum atomic E-state index is -0.312. The molecular weight excluding hydrogens is 306 g/mol. The van der Waals surface area contributed by atoms with Gasteiger partial charge in [-0.25, -0.2) is 0 Å². The molecule has 4 rings (SSSR count). The highest BCUT2D eigenvalue weighted by Crippen LogP contribution is 2.59. The van der Waals surface area contributed by atoms with E-state index in [1.165, 1.54) is 12.0 Å². The monoisotopic (exact) mass is 335 g/mol. The van der Waals surface area contributed by atoms with E-state index >= 15 is 0 Å². The van der Waals surface area contributed by atoms with Crippen LogP contribution in [0.5, 0.6) is 0 Å². The van der Waals surface area contributed by atoms with Crippen molar-refractivity contribution in [2.24, 2.45) is 17.3 Å². The number of hydrogen-bond donors (Lipinski definition) is 2. The molecule has 2 unspecified atom stereocenters. The number of rotatable bonds is 4. The molecule has 0 saturated heterocycles. The van der Waals surface area contributed by atoms with Gasteiger partial charge in [0, 0.05) is 25.1 Å². The Balaban J connectivity index is 1.70. The van der Waals surface area contributed by atoms with Gasteiger partial charge in [0.15, 0.2) is 0 Å². The molecule has 0 bridgehead atoms. The summed E-state index contributed by atoms with van der Waals surface area (Å²) in [6.45, 7) is 1.06. The SMILES string of the molecule is CON1C=CC23CC(CCCO)CC[C@H]2OC2=C3[C@@H](C[C@H](O)C2)C1. The Hall–Kier alpha value is -1.04. The van der Waals surface area contributed by atoms with Gasteiger partial charge in [0.2, 0.25) is 0 Å². The van der Waals surface area contributed by atoms with Gasteiger partial charge in [-0.05, 0) is 50.0 Å². The first kappa shape index (κ1) is 16.4. The molecule has 2 aliphatic heterocycles. The van der Waals surface area contributed by atoms with Crippen LogP contribution in [0, 0.1) is 17.3 Å². The summed E-state index contributed by atoms with van der Waals surface area (Å²) < 4.78 is 6.38. The van der Waals surface area contributed by atoms with Crippen LogP contribution >= 0.6 is 0 Å². The summed E-state index contributed by atoms with van der Waals surface area (Å²) >= 11 is 0. The van der Waals surface area contributed by atoms with Crippen molar-refractivity contribution in [3.05, 3.63) is 23.6 Å². The van der Waals surface area contributed by atoms with E-state index in [1.807, 2.05) is 5.06 Å². The largest absolute Gasteiger partial charge is 0.493 e. The molecule has 2 heterocycles. The summed E-state index contributed by atoms with van der Waals surface area (Å²) in [5, 5.41) is 21.4. The Kier molecular flexibility index (Phi) is 4.35. The average molecular weight is 335 g/mol. The fourth-order valence-corrected chi connectivity index (χ4v) is 5.49. The van der Waals surface area contributed by atoms with Crippen LogP contribution in [-0.2, 0) is 9.57 Å². The smallest absolute Gasteiger partial charge is 0.111 e. The topological polar surface area (TPSA) is 62.2 Å². The van der Waals surface area contributed by atoms with Gasteiger partial charge in [-0.3, -0.25) is 9.90 Å². The molecule has 2 N–H and O–H groups in total. The van der Waals surface area contributed by atoms with Gasteiger partial charge in [0.25, 0.3) is 0 Å². The Morgan fingerprint density at radius 2 is 2.29 bits per heavy atom. The number of aliphatic hydroxyl groups excluding tert-OH is 2. The standard InChI is InChI=1S/C19H29NO4/c1-23-20-7-6-19-11-13(3-2-8-21)4-5-17(19)24-16-10-15(22)9-14(12-20)18(16)19/h6-7,13-15,17,21-22H,2-5,8-12H2,1H3/t13?,14-,15-,17+,19?/m0/s1. The molecule has 2 aliphatic carbocycles. The Bertz CT molecular complexity index is 545. The Labute approximate surface area is 143 Å². The van der Waals surface area contributed by atoms with Gasteiger partial charge in [0.05, 0.1) is 30.9 Å². The molecule has 5 nitrogen and oxygen atoms in total. The van der Waals surface area contributed by atoms with Crippen molar-refractivity contribution in [2.75, 3.05) is 20.3 Å². The highest BCUT2D eigenvalue weighted by Gasteiger charge is 2.56. The maximum absolute atomic E-state index is 10.3. The summed E-state index contributed by atoms with van der Waals surface area (Å²) in [5.41, 5.74) is 1.40. The van der Waals surface area contributed by atoms with Crippen LogP contribution in [0.3, 0.4) is 0 Å². The lowest BCUT2D eigenvalue weighted by molar-refractivity contribution is -0.0967.